The average molecular weight is 201 g/mol. The van der Waals surface area contributed by atoms with E-state index in [1.165, 1.54) is 5.56 Å². The highest BCUT2D eigenvalue weighted by Gasteiger charge is 2.11. The molecule has 1 unspecified atom stereocenters. The number of hydrogen-bond acceptors (Lipinski definition) is 2. The van der Waals surface area contributed by atoms with Gasteiger partial charge in [-0.1, -0.05) is 19.1 Å². The molecule has 1 aromatic carbocycles. The normalized spacial score (nSPS) is 12.7. The van der Waals surface area contributed by atoms with Crippen LogP contribution in [0.25, 0.3) is 0 Å². The van der Waals surface area contributed by atoms with Crippen LogP contribution in [0, 0.1) is 6.92 Å². The van der Waals surface area contributed by atoms with E-state index >= 15 is 0 Å². The van der Waals surface area contributed by atoms with E-state index in [0.717, 1.165) is 17.2 Å². The molecule has 0 radical (unpaired) electrons. The monoisotopic (exact) mass is 201 g/mol. The molecule has 0 saturated heterocycles. The maximum absolute atomic E-state index is 5.65. The van der Waals surface area contributed by atoms with E-state index in [9.17, 15) is 0 Å². The number of anilines is 1. The van der Waals surface area contributed by atoms with E-state index in [4.69, 9.17) is 10.2 Å². The van der Waals surface area contributed by atoms with Crippen LogP contribution in [0.5, 0.6) is 0 Å². The first kappa shape index (κ1) is 9.84. The Morgan fingerprint density at radius 1 is 1.07 bits per heavy atom. The highest BCUT2D eigenvalue weighted by Crippen LogP contribution is 2.25. The van der Waals surface area contributed by atoms with E-state index in [0.29, 0.717) is 0 Å². The second kappa shape index (κ2) is 3.81. The van der Waals surface area contributed by atoms with Gasteiger partial charge >= 0.3 is 0 Å². The topological polar surface area (TPSA) is 39.2 Å². The molecule has 2 N–H and O–H groups in total. The Hall–Kier alpha value is -1.70. The number of hydrogen-bond donors (Lipinski definition) is 1. The van der Waals surface area contributed by atoms with E-state index < -0.39 is 0 Å². The lowest BCUT2D eigenvalue weighted by Crippen LogP contribution is -1.94. The summed E-state index contributed by atoms with van der Waals surface area (Å²) in [7, 11) is 0. The molecule has 0 saturated carbocycles. The minimum atomic E-state index is 0.277. The summed E-state index contributed by atoms with van der Waals surface area (Å²) in [5, 5.41) is 0. The molecule has 0 aliphatic heterocycles. The van der Waals surface area contributed by atoms with E-state index in [-0.39, 0.29) is 5.92 Å². The van der Waals surface area contributed by atoms with Gasteiger partial charge in [0.05, 0.1) is 0 Å². The van der Waals surface area contributed by atoms with Gasteiger partial charge in [-0.2, -0.15) is 0 Å². The Balaban J connectivity index is 2.28. The third kappa shape index (κ3) is 2.04. The molecule has 2 rings (SSSR count). The van der Waals surface area contributed by atoms with Crippen molar-refractivity contribution in [1.82, 2.24) is 0 Å². The van der Waals surface area contributed by atoms with E-state index in [2.05, 4.69) is 6.92 Å². The van der Waals surface area contributed by atoms with Crippen LogP contribution in [0.4, 0.5) is 5.69 Å². The first-order chi connectivity index (χ1) is 7.16. The van der Waals surface area contributed by atoms with Crippen LogP contribution in [-0.2, 0) is 0 Å². The molecule has 0 aliphatic carbocycles. The van der Waals surface area contributed by atoms with Crippen LogP contribution < -0.4 is 5.73 Å². The summed E-state index contributed by atoms with van der Waals surface area (Å²) in [6.45, 7) is 4.09. The van der Waals surface area contributed by atoms with Crippen LogP contribution in [0.15, 0.2) is 40.8 Å². The van der Waals surface area contributed by atoms with Crippen molar-refractivity contribution in [3.05, 3.63) is 53.5 Å². The van der Waals surface area contributed by atoms with Gasteiger partial charge in [-0.15, -0.1) is 0 Å². The van der Waals surface area contributed by atoms with Crippen molar-refractivity contribution in [3.63, 3.8) is 0 Å². The van der Waals surface area contributed by atoms with Gasteiger partial charge in [0.25, 0.3) is 0 Å². The number of rotatable bonds is 2. The minimum absolute atomic E-state index is 0.277. The Labute approximate surface area is 89.7 Å². The summed E-state index contributed by atoms with van der Waals surface area (Å²) in [5.41, 5.74) is 7.66. The largest absolute Gasteiger partial charge is 0.466 e. The molecule has 0 bridgehead atoms. The average Bonchev–Trinajstić information content (AvgIpc) is 2.65. The van der Waals surface area contributed by atoms with Crippen LogP contribution in [-0.4, -0.2) is 0 Å². The molecule has 0 spiro atoms. The summed E-state index contributed by atoms with van der Waals surface area (Å²) < 4.78 is 5.60. The number of benzene rings is 1. The van der Waals surface area contributed by atoms with E-state index in [1.807, 2.05) is 43.3 Å². The van der Waals surface area contributed by atoms with Crippen molar-refractivity contribution >= 4 is 5.69 Å². The van der Waals surface area contributed by atoms with Gasteiger partial charge in [0.2, 0.25) is 0 Å². The molecule has 1 heterocycles. The standard InChI is InChI=1S/C13H15NO/c1-9-3-8-13(15-9)10(2)11-4-6-12(14)7-5-11/h3-8,10H,14H2,1-2H3. The highest BCUT2D eigenvalue weighted by atomic mass is 16.3. The fraction of sp³-hybridized carbons (Fsp3) is 0.231. The molecule has 2 heteroatoms. The second-order valence-electron chi connectivity index (χ2n) is 3.84. The lowest BCUT2D eigenvalue weighted by atomic mass is 9.99. The lowest BCUT2D eigenvalue weighted by Gasteiger charge is -2.08. The molecule has 1 aromatic heterocycles. The summed E-state index contributed by atoms with van der Waals surface area (Å²) in [6.07, 6.45) is 0. The Morgan fingerprint density at radius 3 is 2.27 bits per heavy atom. The molecule has 1 atom stereocenters. The van der Waals surface area contributed by atoms with Crippen LogP contribution in [0.1, 0.15) is 29.9 Å². The zero-order valence-electron chi connectivity index (χ0n) is 9.03. The van der Waals surface area contributed by atoms with Crippen molar-refractivity contribution in [2.24, 2.45) is 0 Å². The molecule has 2 aromatic rings. The third-order valence-corrected chi connectivity index (χ3v) is 2.62. The highest BCUT2D eigenvalue weighted by molar-refractivity contribution is 5.41. The third-order valence-electron chi connectivity index (χ3n) is 2.62. The van der Waals surface area contributed by atoms with E-state index in [1.54, 1.807) is 0 Å². The van der Waals surface area contributed by atoms with Gasteiger partial charge < -0.3 is 10.2 Å². The van der Waals surface area contributed by atoms with Crippen molar-refractivity contribution in [3.8, 4) is 0 Å². The number of aryl methyl sites for hydroxylation is 1. The summed E-state index contributed by atoms with van der Waals surface area (Å²) in [4.78, 5) is 0. The Kier molecular flexibility index (Phi) is 2.50. The molecular weight excluding hydrogens is 186 g/mol. The molecule has 0 amide bonds. The van der Waals surface area contributed by atoms with Gasteiger partial charge in [-0.05, 0) is 36.8 Å². The predicted octanol–water partition coefficient (Wildman–Crippen LogP) is 3.32. The number of nitrogens with two attached hydrogens (primary N) is 1. The summed E-state index contributed by atoms with van der Waals surface area (Å²) >= 11 is 0. The smallest absolute Gasteiger partial charge is 0.111 e. The molecule has 0 aliphatic rings. The number of furan rings is 1. The zero-order valence-corrected chi connectivity index (χ0v) is 9.03. The minimum Gasteiger partial charge on any atom is -0.466 e. The lowest BCUT2D eigenvalue weighted by molar-refractivity contribution is 0.471. The summed E-state index contributed by atoms with van der Waals surface area (Å²) in [5.74, 6) is 2.23. The molecule has 78 valence electrons. The molecular formula is C13H15NO. The fourth-order valence-electron chi connectivity index (χ4n) is 1.64. The van der Waals surface area contributed by atoms with Gasteiger partial charge in [0.15, 0.2) is 0 Å². The van der Waals surface area contributed by atoms with Gasteiger partial charge in [-0.25, -0.2) is 0 Å². The second-order valence-corrected chi connectivity index (χ2v) is 3.84. The van der Waals surface area contributed by atoms with Crippen LogP contribution in [0.2, 0.25) is 0 Å². The van der Waals surface area contributed by atoms with Gasteiger partial charge in [-0.3, -0.25) is 0 Å². The molecule has 15 heavy (non-hydrogen) atoms. The fourth-order valence-corrected chi connectivity index (χ4v) is 1.64. The summed E-state index contributed by atoms with van der Waals surface area (Å²) in [6, 6.07) is 11.9. The predicted molar refractivity (Wildman–Crippen MR) is 61.8 cm³/mol. The van der Waals surface area contributed by atoms with Crippen LogP contribution >= 0.6 is 0 Å². The first-order valence-electron chi connectivity index (χ1n) is 5.08. The Morgan fingerprint density at radius 2 is 1.73 bits per heavy atom. The molecule has 2 nitrogen and oxygen atoms in total. The van der Waals surface area contributed by atoms with Gasteiger partial charge in [0.1, 0.15) is 11.5 Å². The maximum atomic E-state index is 5.65. The van der Waals surface area contributed by atoms with Crippen molar-refractivity contribution in [1.29, 1.82) is 0 Å². The van der Waals surface area contributed by atoms with Gasteiger partial charge in [0, 0.05) is 11.6 Å². The Bertz CT molecular complexity index is 442. The maximum Gasteiger partial charge on any atom is 0.111 e. The van der Waals surface area contributed by atoms with Crippen molar-refractivity contribution in [2.45, 2.75) is 19.8 Å². The van der Waals surface area contributed by atoms with Crippen molar-refractivity contribution in [2.75, 3.05) is 5.73 Å². The molecule has 0 fully saturated rings. The van der Waals surface area contributed by atoms with Crippen LogP contribution in [0.3, 0.4) is 0 Å². The first-order valence-corrected chi connectivity index (χ1v) is 5.08. The number of nitrogen functional groups attached to an aromatic ring is 1. The van der Waals surface area contributed by atoms with Crippen molar-refractivity contribution < 1.29 is 4.42 Å². The quantitative estimate of drug-likeness (QED) is 0.757. The zero-order chi connectivity index (χ0) is 10.8. The SMILES string of the molecule is Cc1ccc(C(C)c2ccc(N)cc2)o1.